The third kappa shape index (κ3) is 1.58. The zero-order valence-electron chi connectivity index (χ0n) is 6.50. The minimum atomic E-state index is -2.81. The second kappa shape index (κ2) is 3.01. The van der Waals surface area contributed by atoms with Gasteiger partial charge in [-0.05, 0) is 12.1 Å². The van der Waals surface area contributed by atoms with Crippen molar-refractivity contribution in [2.75, 3.05) is 0 Å². The van der Waals surface area contributed by atoms with Crippen molar-refractivity contribution in [1.82, 2.24) is 9.97 Å². The van der Waals surface area contributed by atoms with Gasteiger partial charge in [0, 0.05) is 11.6 Å². The monoisotopic (exact) mass is 184 g/mol. The molecule has 0 fully saturated rings. The van der Waals surface area contributed by atoms with Gasteiger partial charge in [-0.3, -0.25) is 0 Å². The number of aromatic nitrogens is 2. The predicted octanol–water partition coefficient (Wildman–Crippen LogP) is 2.16. The van der Waals surface area contributed by atoms with Crippen LogP contribution in [0.15, 0.2) is 24.5 Å². The number of rotatable bonds is 2. The van der Waals surface area contributed by atoms with E-state index in [0.717, 1.165) is 5.39 Å². The van der Waals surface area contributed by atoms with Crippen molar-refractivity contribution in [3.05, 3.63) is 24.5 Å². The normalized spacial score (nSPS) is 11.0. The predicted molar refractivity (Wildman–Crippen MR) is 42.7 cm³/mol. The summed E-state index contributed by atoms with van der Waals surface area (Å²) >= 11 is 0. The fourth-order valence-corrected chi connectivity index (χ4v) is 1.09. The Labute approximate surface area is 72.4 Å². The summed E-state index contributed by atoms with van der Waals surface area (Å²) in [5.41, 5.74) is 0.654. The summed E-state index contributed by atoms with van der Waals surface area (Å²) in [7, 11) is 0. The molecule has 0 saturated carbocycles. The first-order valence-corrected chi connectivity index (χ1v) is 3.63. The van der Waals surface area contributed by atoms with Crippen LogP contribution in [0.2, 0.25) is 0 Å². The summed E-state index contributed by atoms with van der Waals surface area (Å²) in [6.45, 7) is -2.81. The maximum absolute atomic E-state index is 11.8. The Bertz CT molecular complexity index is 413. The number of fused-ring (bicyclic) bond motifs is 1. The first-order chi connectivity index (χ1) is 6.25. The van der Waals surface area contributed by atoms with E-state index in [4.69, 9.17) is 0 Å². The molecule has 0 unspecified atom stereocenters. The molecule has 2 aromatic rings. The van der Waals surface area contributed by atoms with Crippen LogP contribution in [0.5, 0.6) is 5.75 Å². The minimum Gasteiger partial charge on any atom is -0.433 e. The molecule has 13 heavy (non-hydrogen) atoms. The van der Waals surface area contributed by atoms with Crippen LogP contribution in [0.4, 0.5) is 8.78 Å². The van der Waals surface area contributed by atoms with Crippen molar-refractivity contribution in [3.63, 3.8) is 0 Å². The third-order valence-electron chi connectivity index (χ3n) is 1.60. The van der Waals surface area contributed by atoms with E-state index in [1.165, 1.54) is 12.3 Å². The lowest BCUT2D eigenvalue weighted by Gasteiger charge is -2.02. The van der Waals surface area contributed by atoms with Crippen molar-refractivity contribution < 1.29 is 13.5 Å². The summed E-state index contributed by atoms with van der Waals surface area (Å²) in [5.74, 6) is 0.0714. The van der Waals surface area contributed by atoms with Gasteiger partial charge in [0.15, 0.2) is 0 Å². The standard InChI is InChI=1S/C8H6F2N2O/c9-8(10)13-6-3-5-1-2-11-7(5)12-4-6/h1-4,8H,(H,11,12). The van der Waals surface area contributed by atoms with Crippen LogP contribution in [0, 0.1) is 0 Å². The molecule has 0 atom stereocenters. The van der Waals surface area contributed by atoms with Crippen LogP contribution in [0.3, 0.4) is 0 Å². The Hall–Kier alpha value is -1.65. The van der Waals surface area contributed by atoms with Crippen LogP contribution in [0.1, 0.15) is 0 Å². The molecule has 0 aromatic carbocycles. The van der Waals surface area contributed by atoms with Gasteiger partial charge in [-0.15, -0.1) is 0 Å². The van der Waals surface area contributed by atoms with E-state index >= 15 is 0 Å². The smallest absolute Gasteiger partial charge is 0.387 e. The number of ether oxygens (including phenoxy) is 1. The number of hydrogen-bond acceptors (Lipinski definition) is 2. The van der Waals surface area contributed by atoms with E-state index in [2.05, 4.69) is 14.7 Å². The largest absolute Gasteiger partial charge is 0.433 e. The van der Waals surface area contributed by atoms with Gasteiger partial charge in [0.2, 0.25) is 0 Å². The number of aromatic amines is 1. The quantitative estimate of drug-likeness (QED) is 0.776. The second-order valence-electron chi connectivity index (χ2n) is 2.47. The Morgan fingerprint density at radius 3 is 3.08 bits per heavy atom. The molecule has 2 rings (SSSR count). The topological polar surface area (TPSA) is 37.9 Å². The van der Waals surface area contributed by atoms with E-state index in [0.29, 0.717) is 5.65 Å². The van der Waals surface area contributed by atoms with Crippen molar-refractivity contribution in [2.45, 2.75) is 6.61 Å². The van der Waals surface area contributed by atoms with Crippen LogP contribution in [-0.4, -0.2) is 16.6 Å². The number of halogens is 2. The molecule has 0 radical (unpaired) electrons. The number of H-pyrrole nitrogens is 1. The maximum atomic E-state index is 11.8. The molecule has 0 aliphatic carbocycles. The summed E-state index contributed by atoms with van der Waals surface area (Å²) in [4.78, 5) is 6.73. The molecule has 0 amide bonds. The minimum absolute atomic E-state index is 0.0714. The molecular weight excluding hydrogens is 178 g/mol. The zero-order chi connectivity index (χ0) is 9.26. The van der Waals surface area contributed by atoms with Gasteiger partial charge >= 0.3 is 6.61 Å². The lowest BCUT2D eigenvalue weighted by Crippen LogP contribution is -2.01. The molecule has 2 heterocycles. The van der Waals surface area contributed by atoms with E-state index < -0.39 is 6.61 Å². The molecule has 1 N–H and O–H groups in total. The molecule has 0 bridgehead atoms. The van der Waals surface area contributed by atoms with E-state index in [9.17, 15) is 8.78 Å². The molecule has 2 aromatic heterocycles. The first kappa shape index (κ1) is 7.97. The molecule has 0 saturated heterocycles. The van der Waals surface area contributed by atoms with Crippen LogP contribution in [-0.2, 0) is 0 Å². The highest BCUT2D eigenvalue weighted by Gasteiger charge is 2.05. The first-order valence-electron chi connectivity index (χ1n) is 3.63. The van der Waals surface area contributed by atoms with E-state index in [-0.39, 0.29) is 5.75 Å². The van der Waals surface area contributed by atoms with Crippen molar-refractivity contribution in [1.29, 1.82) is 0 Å². The van der Waals surface area contributed by atoms with Gasteiger partial charge < -0.3 is 9.72 Å². The lowest BCUT2D eigenvalue weighted by atomic mass is 10.3. The van der Waals surface area contributed by atoms with Crippen LogP contribution in [0.25, 0.3) is 11.0 Å². The van der Waals surface area contributed by atoms with Crippen molar-refractivity contribution in [2.24, 2.45) is 0 Å². The zero-order valence-corrected chi connectivity index (χ0v) is 6.50. The van der Waals surface area contributed by atoms with Gasteiger partial charge in [0.25, 0.3) is 0 Å². The molecule has 0 aliphatic rings. The summed E-state index contributed by atoms with van der Waals surface area (Å²) < 4.78 is 27.8. The number of hydrogen-bond donors (Lipinski definition) is 1. The van der Waals surface area contributed by atoms with Crippen molar-refractivity contribution >= 4 is 11.0 Å². The average molecular weight is 184 g/mol. The highest BCUT2D eigenvalue weighted by atomic mass is 19.3. The highest BCUT2D eigenvalue weighted by Crippen LogP contribution is 2.18. The summed E-state index contributed by atoms with van der Waals surface area (Å²) in [6.07, 6.45) is 2.94. The van der Waals surface area contributed by atoms with Gasteiger partial charge in [0.05, 0.1) is 6.20 Å². The second-order valence-corrected chi connectivity index (χ2v) is 2.47. The number of alkyl halides is 2. The Morgan fingerprint density at radius 2 is 2.31 bits per heavy atom. The fourth-order valence-electron chi connectivity index (χ4n) is 1.09. The highest BCUT2D eigenvalue weighted by molar-refractivity contribution is 5.76. The SMILES string of the molecule is FC(F)Oc1cnc2[nH]ccc2c1. The lowest BCUT2D eigenvalue weighted by molar-refractivity contribution is -0.0499. The van der Waals surface area contributed by atoms with Crippen LogP contribution < -0.4 is 4.74 Å². The Balaban J connectivity index is 2.37. The van der Waals surface area contributed by atoms with E-state index in [1.54, 1.807) is 12.3 Å². The Kier molecular flexibility index (Phi) is 1.84. The summed E-state index contributed by atoms with van der Waals surface area (Å²) in [5, 5.41) is 0.748. The van der Waals surface area contributed by atoms with Gasteiger partial charge in [-0.1, -0.05) is 0 Å². The average Bonchev–Trinajstić information content (AvgIpc) is 2.49. The molecule has 3 nitrogen and oxygen atoms in total. The molecule has 68 valence electrons. The maximum Gasteiger partial charge on any atom is 0.387 e. The number of nitrogens with zero attached hydrogens (tertiary/aromatic N) is 1. The Morgan fingerprint density at radius 1 is 1.46 bits per heavy atom. The van der Waals surface area contributed by atoms with Crippen molar-refractivity contribution in [3.8, 4) is 5.75 Å². The van der Waals surface area contributed by atoms with E-state index in [1.807, 2.05) is 0 Å². The number of pyridine rings is 1. The fraction of sp³-hybridized carbons (Fsp3) is 0.125. The third-order valence-corrected chi connectivity index (χ3v) is 1.60. The molecule has 0 spiro atoms. The molecule has 5 heteroatoms. The van der Waals surface area contributed by atoms with Gasteiger partial charge in [0.1, 0.15) is 11.4 Å². The van der Waals surface area contributed by atoms with Gasteiger partial charge in [-0.2, -0.15) is 8.78 Å². The molecule has 0 aliphatic heterocycles. The molecular formula is C8H6F2N2O. The summed E-state index contributed by atoms with van der Waals surface area (Å²) in [6, 6.07) is 3.24. The number of nitrogens with one attached hydrogen (secondary N) is 1. The van der Waals surface area contributed by atoms with Gasteiger partial charge in [-0.25, -0.2) is 4.98 Å². The van der Waals surface area contributed by atoms with Crippen LogP contribution >= 0.6 is 0 Å².